The monoisotopic (exact) mass is 568 g/mol. The molecule has 0 bridgehead atoms. The van der Waals surface area contributed by atoms with Crippen molar-refractivity contribution in [1.29, 1.82) is 0 Å². The van der Waals surface area contributed by atoms with Gasteiger partial charge < -0.3 is 35.1 Å². The van der Waals surface area contributed by atoms with Crippen LogP contribution in [0.25, 0.3) is 11.1 Å². The lowest BCUT2D eigenvalue weighted by molar-refractivity contribution is -0.279. The first-order chi connectivity index (χ1) is 19.5. The van der Waals surface area contributed by atoms with E-state index in [0.29, 0.717) is 24.6 Å². The molecule has 1 heterocycles. The first-order valence-corrected chi connectivity index (χ1v) is 13.8. The number of nitrogens with one attached hydrogen (secondary N) is 1. The zero-order valence-electron chi connectivity index (χ0n) is 22.6. The van der Waals surface area contributed by atoms with E-state index in [1.165, 1.54) is 7.11 Å². The van der Waals surface area contributed by atoms with Gasteiger partial charge in [0.05, 0.1) is 19.8 Å². The van der Waals surface area contributed by atoms with Crippen molar-refractivity contribution in [1.82, 2.24) is 5.32 Å². The first kappa shape index (κ1) is 30.1. The summed E-state index contributed by atoms with van der Waals surface area (Å²) in [5, 5.41) is 14.7. The van der Waals surface area contributed by atoms with E-state index in [0.717, 1.165) is 22.3 Å². The quantitative estimate of drug-likeness (QED) is 0.285. The Morgan fingerprint density at radius 2 is 1.62 bits per heavy atom. The van der Waals surface area contributed by atoms with Crippen LogP contribution in [0.4, 0.5) is 0 Å². The fraction of sp³-hybridized carbons (Fsp3) is 0.387. The third-order valence-corrected chi connectivity index (χ3v) is 7.07. The lowest BCUT2D eigenvalue weighted by atomic mass is 9.96. The molecule has 3 aromatic rings. The van der Waals surface area contributed by atoms with Crippen LogP contribution in [-0.4, -0.2) is 61.9 Å². The average Bonchev–Trinajstić information content (AvgIpc) is 2.98. The average molecular weight is 569 g/mol. The van der Waals surface area contributed by atoms with Crippen LogP contribution in [0.2, 0.25) is 5.02 Å². The van der Waals surface area contributed by atoms with Gasteiger partial charge in [-0.25, -0.2) is 0 Å². The summed E-state index contributed by atoms with van der Waals surface area (Å²) in [6.45, 7) is 1.06. The second-order valence-electron chi connectivity index (χ2n) is 9.73. The Morgan fingerprint density at radius 3 is 2.30 bits per heavy atom. The molecule has 40 heavy (non-hydrogen) atoms. The maximum absolute atomic E-state index is 12.6. The van der Waals surface area contributed by atoms with Crippen LogP contribution in [0.3, 0.4) is 0 Å². The fourth-order valence-corrected chi connectivity index (χ4v) is 4.76. The van der Waals surface area contributed by atoms with Crippen molar-refractivity contribution in [2.45, 2.75) is 56.7 Å². The third-order valence-electron chi connectivity index (χ3n) is 6.82. The number of halogens is 1. The van der Waals surface area contributed by atoms with Gasteiger partial charge in [-0.2, -0.15) is 0 Å². The molecule has 0 aliphatic carbocycles. The van der Waals surface area contributed by atoms with E-state index in [2.05, 4.69) is 17.4 Å². The molecule has 1 saturated heterocycles. The highest BCUT2D eigenvalue weighted by atomic mass is 35.5. The number of nitrogens with two attached hydrogens (primary N) is 1. The summed E-state index contributed by atoms with van der Waals surface area (Å²) in [5.41, 5.74) is 9.68. The Hall–Kier alpha value is -2.82. The minimum absolute atomic E-state index is 0.100. The molecule has 0 saturated carbocycles. The molecule has 0 radical (unpaired) electrons. The molecular weight excluding hydrogens is 532 g/mol. The van der Waals surface area contributed by atoms with Crippen molar-refractivity contribution in [3.8, 4) is 11.1 Å². The van der Waals surface area contributed by atoms with Gasteiger partial charge in [0.15, 0.2) is 6.29 Å². The maximum Gasteiger partial charge on any atom is 0.220 e. The Bertz CT molecular complexity index is 1180. The predicted molar refractivity (Wildman–Crippen MR) is 153 cm³/mol. The van der Waals surface area contributed by atoms with Crippen molar-refractivity contribution in [3.05, 3.63) is 95.0 Å². The van der Waals surface area contributed by atoms with Crippen molar-refractivity contribution in [2.75, 3.05) is 20.3 Å². The van der Waals surface area contributed by atoms with Crippen LogP contribution in [0, 0.1) is 0 Å². The molecule has 0 aromatic heterocycles. The number of hydrogen-bond acceptors (Lipinski definition) is 7. The summed E-state index contributed by atoms with van der Waals surface area (Å²) in [4.78, 5) is 12.6. The van der Waals surface area contributed by atoms with Gasteiger partial charge in [0.2, 0.25) is 5.91 Å². The van der Waals surface area contributed by atoms with Crippen molar-refractivity contribution in [3.63, 3.8) is 0 Å². The number of carbonyl (C=O) groups excluding carboxylic acids is 1. The molecule has 1 unspecified atom stereocenters. The SMILES string of the molecule is CO[C@H]1[C@H](O)[C@@H](COCc2ccc(Cl)cc2)OC(OCc2ccc(-c3ccccc3)cc2)[C@@H]1NC(=O)CCCN. The zero-order chi connectivity index (χ0) is 28.3. The van der Waals surface area contributed by atoms with Gasteiger partial charge >= 0.3 is 0 Å². The normalized spacial score (nSPS) is 22.6. The van der Waals surface area contributed by atoms with Gasteiger partial charge in [-0.3, -0.25) is 4.79 Å². The van der Waals surface area contributed by atoms with Crippen LogP contribution in [0.1, 0.15) is 24.0 Å². The Kier molecular flexibility index (Phi) is 11.5. The molecule has 1 aliphatic rings. The highest BCUT2D eigenvalue weighted by molar-refractivity contribution is 6.30. The van der Waals surface area contributed by atoms with Crippen LogP contribution < -0.4 is 11.1 Å². The van der Waals surface area contributed by atoms with Gasteiger partial charge in [0.1, 0.15) is 24.4 Å². The number of aliphatic hydroxyl groups excluding tert-OH is 1. The fourth-order valence-electron chi connectivity index (χ4n) is 4.63. The predicted octanol–water partition coefficient (Wildman–Crippen LogP) is 4.06. The lowest BCUT2D eigenvalue weighted by Gasteiger charge is -2.44. The van der Waals surface area contributed by atoms with Gasteiger partial charge in [-0.05, 0) is 47.4 Å². The minimum atomic E-state index is -1.06. The van der Waals surface area contributed by atoms with E-state index in [1.54, 1.807) is 12.1 Å². The Balaban J connectivity index is 1.44. The third kappa shape index (κ3) is 8.34. The molecule has 4 N–H and O–H groups in total. The largest absolute Gasteiger partial charge is 0.388 e. The topological polar surface area (TPSA) is 112 Å². The first-order valence-electron chi connectivity index (χ1n) is 13.4. The Morgan fingerprint density at radius 1 is 0.975 bits per heavy atom. The van der Waals surface area contributed by atoms with Gasteiger partial charge in [-0.15, -0.1) is 0 Å². The zero-order valence-corrected chi connectivity index (χ0v) is 23.3. The lowest BCUT2D eigenvalue weighted by Crippen LogP contribution is -2.65. The van der Waals surface area contributed by atoms with Gasteiger partial charge in [-0.1, -0.05) is 78.3 Å². The van der Waals surface area contributed by atoms with E-state index in [-0.39, 0.29) is 25.5 Å². The number of ether oxygens (including phenoxy) is 4. The number of aliphatic hydroxyl groups is 1. The molecule has 1 aliphatic heterocycles. The molecular formula is C31H37ClN2O6. The number of methoxy groups -OCH3 is 1. The van der Waals surface area contributed by atoms with E-state index in [1.807, 2.05) is 54.6 Å². The summed E-state index contributed by atoms with van der Waals surface area (Å²) in [7, 11) is 1.49. The van der Waals surface area contributed by atoms with E-state index in [4.69, 9.17) is 36.3 Å². The number of hydrogen-bond donors (Lipinski definition) is 3. The highest BCUT2D eigenvalue weighted by Gasteiger charge is 2.47. The van der Waals surface area contributed by atoms with E-state index in [9.17, 15) is 9.90 Å². The smallest absolute Gasteiger partial charge is 0.220 e. The molecule has 0 spiro atoms. The molecule has 1 fully saturated rings. The number of amides is 1. The van der Waals surface area contributed by atoms with Crippen molar-refractivity contribution >= 4 is 17.5 Å². The van der Waals surface area contributed by atoms with Crippen LogP contribution >= 0.6 is 11.6 Å². The van der Waals surface area contributed by atoms with E-state index < -0.39 is 30.6 Å². The second-order valence-corrected chi connectivity index (χ2v) is 10.2. The molecule has 8 nitrogen and oxygen atoms in total. The highest BCUT2D eigenvalue weighted by Crippen LogP contribution is 2.27. The molecule has 4 rings (SSSR count). The number of carbonyl (C=O) groups is 1. The summed E-state index contributed by atoms with van der Waals surface area (Å²) in [6.07, 6.45) is -2.65. The standard InChI is InChI=1S/C31H37ClN2O6/c1-37-30-28(34-27(35)8-5-17-33)31(39-19-22-9-13-24(14-10-22)23-6-3-2-4-7-23)40-26(29(30)36)20-38-18-21-11-15-25(32)16-12-21/h2-4,6-7,9-16,26,28-31,36H,5,8,17-20,33H2,1H3,(H,34,35)/t26-,28-,29-,30-,31?/m1/s1. The number of benzene rings is 3. The van der Waals surface area contributed by atoms with Crippen molar-refractivity contribution in [2.24, 2.45) is 5.73 Å². The van der Waals surface area contributed by atoms with Crippen LogP contribution in [0.5, 0.6) is 0 Å². The molecule has 3 aromatic carbocycles. The number of rotatable bonds is 13. The van der Waals surface area contributed by atoms with Crippen molar-refractivity contribution < 1.29 is 28.8 Å². The van der Waals surface area contributed by atoms with Gasteiger partial charge in [0.25, 0.3) is 0 Å². The van der Waals surface area contributed by atoms with E-state index >= 15 is 0 Å². The Labute approximate surface area is 240 Å². The summed E-state index contributed by atoms with van der Waals surface area (Å²) in [5.74, 6) is -0.216. The maximum atomic E-state index is 12.6. The van der Waals surface area contributed by atoms with Crippen LogP contribution in [0.15, 0.2) is 78.9 Å². The summed E-state index contributed by atoms with van der Waals surface area (Å²) >= 11 is 5.96. The minimum Gasteiger partial charge on any atom is -0.388 e. The molecule has 1 amide bonds. The molecule has 9 heteroatoms. The summed E-state index contributed by atoms with van der Waals surface area (Å²) < 4.78 is 23.9. The molecule has 214 valence electrons. The second kappa shape index (κ2) is 15.3. The summed E-state index contributed by atoms with van der Waals surface area (Å²) in [6, 6.07) is 24.8. The van der Waals surface area contributed by atoms with Crippen LogP contribution in [-0.2, 0) is 37.0 Å². The van der Waals surface area contributed by atoms with Gasteiger partial charge in [0, 0.05) is 18.6 Å². The molecule has 5 atom stereocenters.